The summed E-state index contributed by atoms with van der Waals surface area (Å²) < 4.78 is 1.27. The monoisotopic (exact) mass is 184 g/mol. The number of aryl methyl sites for hydroxylation is 1. The molecule has 1 unspecified atom stereocenters. The van der Waals surface area contributed by atoms with Crippen molar-refractivity contribution in [2.24, 2.45) is 0 Å². The summed E-state index contributed by atoms with van der Waals surface area (Å²) in [5.74, 6) is 0. The van der Waals surface area contributed by atoms with Crippen LogP contribution in [0.2, 0.25) is 0 Å². The molecule has 0 amide bonds. The molecular weight excluding hydrogens is 172 g/mol. The molecule has 1 heterocycles. The molecule has 0 radical (unpaired) electrons. The fraction of sp³-hybridized carbons (Fsp3) is 0.500. The van der Waals surface area contributed by atoms with Gasteiger partial charge in [-0.1, -0.05) is 0 Å². The third-order valence-electron chi connectivity index (χ3n) is 1.60. The van der Waals surface area contributed by atoms with Gasteiger partial charge in [0.25, 0.3) is 0 Å². The summed E-state index contributed by atoms with van der Waals surface area (Å²) in [5, 5.41) is 17.7. The van der Waals surface area contributed by atoms with Crippen molar-refractivity contribution in [3.05, 3.63) is 28.4 Å². The molecule has 5 nitrogen and oxygen atoms in total. The lowest BCUT2D eigenvalue weighted by atomic mass is 10.3. The second-order valence-corrected chi connectivity index (χ2v) is 2.90. The Morgan fingerprint density at radius 2 is 2.38 bits per heavy atom. The highest BCUT2D eigenvalue weighted by atomic mass is 16.3. The third-order valence-corrected chi connectivity index (χ3v) is 1.60. The van der Waals surface area contributed by atoms with Crippen molar-refractivity contribution in [2.75, 3.05) is 6.61 Å². The minimum Gasteiger partial charge on any atom is -0.394 e. The molecule has 1 atom stereocenters. The van der Waals surface area contributed by atoms with Gasteiger partial charge in [-0.25, -0.2) is 9.78 Å². The topological polar surface area (TPSA) is 75.4 Å². The van der Waals surface area contributed by atoms with Crippen molar-refractivity contribution < 1.29 is 10.2 Å². The second-order valence-electron chi connectivity index (χ2n) is 2.90. The van der Waals surface area contributed by atoms with Crippen LogP contribution in [0.5, 0.6) is 0 Å². The summed E-state index contributed by atoms with van der Waals surface area (Å²) in [6.45, 7) is 1.51. The van der Waals surface area contributed by atoms with Gasteiger partial charge in [-0.15, -0.1) is 0 Å². The molecule has 0 saturated carbocycles. The molecule has 0 aromatic carbocycles. The first-order valence-corrected chi connectivity index (χ1v) is 3.95. The lowest BCUT2D eigenvalue weighted by Gasteiger charge is -2.09. The predicted molar refractivity (Wildman–Crippen MR) is 46.3 cm³/mol. The molecule has 13 heavy (non-hydrogen) atoms. The van der Waals surface area contributed by atoms with Crippen molar-refractivity contribution in [1.29, 1.82) is 0 Å². The highest BCUT2D eigenvalue weighted by molar-refractivity contribution is 4.99. The van der Waals surface area contributed by atoms with Crippen LogP contribution in [0.3, 0.4) is 0 Å². The van der Waals surface area contributed by atoms with Crippen LogP contribution >= 0.6 is 0 Å². The largest absolute Gasteiger partial charge is 0.394 e. The van der Waals surface area contributed by atoms with Gasteiger partial charge < -0.3 is 10.2 Å². The molecule has 0 saturated heterocycles. The molecule has 1 aromatic rings. The molecule has 72 valence electrons. The number of nitrogens with zero attached hydrogens (tertiary/aromatic N) is 2. The van der Waals surface area contributed by atoms with Gasteiger partial charge in [0.1, 0.15) is 0 Å². The third kappa shape index (κ3) is 2.64. The van der Waals surface area contributed by atoms with Crippen LogP contribution < -0.4 is 5.69 Å². The van der Waals surface area contributed by atoms with Gasteiger partial charge >= 0.3 is 5.69 Å². The maximum Gasteiger partial charge on any atom is 0.347 e. The Morgan fingerprint density at radius 3 is 3.00 bits per heavy atom. The van der Waals surface area contributed by atoms with Crippen LogP contribution in [-0.2, 0) is 6.54 Å². The van der Waals surface area contributed by atoms with Gasteiger partial charge in [-0.2, -0.15) is 0 Å². The Balaban J connectivity index is 2.87. The molecule has 0 aliphatic carbocycles. The lowest BCUT2D eigenvalue weighted by molar-refractivity contribution is 0.0800. The van der Waals surface area contributed by atoms with Gasteiger partial charge in [-0.3, -0.25) is 4.57 Å². The van der Waals surface area contributed by atoms with Crippen LogP contribution in [0.1, 0.15) is 5.56 Å². The van der Waals surface area contributed by atoms with Crippen LogP contribution in [-0.4, -0.2) is 32.5 Å². The van der Waals surface area contributed by atoms with Crippen molar-refractivity contribution in [3.63, 3.8) is 0 Å². The van der Waals surface area contributed by atoms with E-state index in [1.807, 2.05) is 0 Å². The quantitative estimate of drug-likeness (QED) is 0.625. The van der Waals surface area contributed by atoms with Crippen molar-refractivity contribution in [3.8, 4) is 0 Å². The zero-order valence-corrected chi connectivity index (χ0v) is 7.34. The second kappa shape index (κ2) is 4.15. The van der Waals surface area contributed by atoms with E-state index in [2.05, 4.69) is 4.98 Å². The standard InChI is InChI=1S/C8H12N2O3/c1-6-2-9-8(13)10(3-6)4-7(12)5-11/h2-3,7,11-12H,4-5H2,1H3. The van der Waals surface area contributed by atoms with Crippen molar-refractivity contribution in [1.82, 2.24) is 9.55 Å². The fourth-order valence-electron chi connectivity index (χ4n) is 0.981. The van der Waals surface area contributed by atoms with Gasteiger partial charge in [0.2, 0.25) is 0 Å². The zero-order chi connectivity index (χ0) is 9.84. The van der Waals surface area contributed by atoms with Gasteiger partial charge in [0, 0.05) is 12.4 Å². The van der Waals surface area contributed by atoms with E-state index in [1.165, 1.54) is 10.8 Å². The van der Waals surface area contributed by atoms with E-state index in [1.54, 1.807) is 13.1 Å². The summed E-state index contributed by atoms with van der Waals surface area (Å²) in [5.41, 5.74) is 0.419. The maximum atomic E-state index is 11.1. The molecule has 0 aliphatic heterocycles. The summed E-state index contributed by atoms with van der Waals surface area (Å²) in [4.78, 5) is 14.7. The van der Waals surface area contributed by atoms with Crippen LogP contribution in [0.25, 0.3) is 0 Å². The first kappa shape index (κ1) is 9.88. The van der Waals surface area contributed by atoms with E-state index in [9.17, 15) is 4.79 Å². The summed E-state index contributed by atoms with van der Waals surface area (Å²) in [7, 11) is 0. The Hall–Kier alpha value is -1.20. The van der Waals surface area contributed by atoms with Crippen molar-refractivity contribution >= 4 is 0 Å². The molecule has 0 aliphatic rings. The lowest BCUT2D eigenvalue weighted by Crippen LogP contribution is -2.29. The molecule has 0 spiro atoms. The first-order valence-electron chi connectivity index (χ1n) is 3.95. The molecule has 1 rings (SSSR count). The molecule has 0 bridgehead atoms. The SMILES string of the molecule is Cc1cnc(=O)n(CC(O)CO)c1. The Labute approximate surface area is 75.3 Å². The maximum absolute atomic E-state index is 11.1. The van der Waals surface area contributed by atoms with E-state index in [-0.39, 0.29) is 13.2 Å². The minimum absolute atomic E-state index is 0.0734. The normalized spacial score (nSPS) is 12.8. The van der Waals surface area contributed by atoms with E-state index in [0.29, 0.717) is 0 Å². The minimum atomic E-state index is -0.915. The number of aromatic nitrogens is 2. The van der Waals surface area contributed by atoms with Gasteiger partial charge in [0.15, 0.2) is 0 Å². The number of aliphatic hydroxyl groups excluding tert-OH is 2. The predicted octanol–water partition coefficient (Wildman–Crippen LogP) is -1.10. The van der Waals surface area contributed by atoms with E-state index in [0.717, 1.165) is 5.56 Å². The Kier molecular flexibility index (Phi) is 3.16. The number of rotatable bonds is 3. The Bertz CT molecular complexity index is 334. The molecular formula is C8H12N2O3. The molecule has 2 N–H and O–H groups in total. The highest BCUT2D eigenvalue weighted by Gasteiger charge is 2.04. The number of hydrogen-bond acceptors (Lipinski definition) is 4. The van der Waals surface area contributed by atoms with E-state index >= 15 is 0 Å². The van der Waals surface area contributed by atoms with Crippen LogP contribution in [0.15, 0.2) is 17.2 Å². The summed E-state index contributed by atoms with van der Waals surface area (Å²) in [6.07, 6.45) is 2.14. The Morgan fingerprint density at radius 1 is 1.69 bits per heavy atom. The summed E-state index contributed by atoms with van der Waals surface area (Å²) >= 11 is 0. The van der Waals surface area contributed by atoms with E-state index in [4.69, 9.17) is 10.2 Å². The van der Waals surface area contributed by atoms with Crippen LogP contribution in [0.4, 0.5) is 0 Å². The van der Waals surface area contributed by atoms with Crippen LogP contribution in [0, 0.1) is 6.92 Å². The number of aliphatic hydroxyl groups is 2. The zero-order valence-electron chi connectivity index (χ0n) is 7.34. The first-order chi connectivity index (χ1) is 6.13. The molecule has 5 heteroatoms. The average molecular weight is 184 g/mol. The molecule has 0 fully saturated rings. The van der Waals surface area contributed by atoms with Crippen molar-refractivity contribution in [2.45, 2.75) is 19.6 Å². The smallest absolute Gasteiger partial charge is 0.347 e. The molecule has 1 aromatic heterocycles. The average Bonchev–Trinajstić information content (AvgIpc) is 2.11. The number of hydrogen-bond donors (Lipinski definition) is 2. The van der Waals surface area contributed by atoms with Gasteiger partial charge in [-0.05, 0) is 12.5 Å². The van der Waals surface area contributed by atoms with Gasteiger partial charge in [0.05, 0.1) is 19.3 Å². The highest BCUT2D eigenvalue weighted by Crippen LogP contribution is 1.92. The fourth-order valence-corrected chi connectivity index (χ4v) is 0.981. The van der Waals surface area contributed by atoms with E-state index < -0.39 is 11.8 Å². The summed E-state index contributed by atoms with van der Waals surface area (Å²) in [6, 6.07) is 0.